The molecule has 0 aliphatic heterocycles. The first-order valence-electron chi connectivity index (χ1n) is 6.75. The molecule has 2 aromatic rings. The Labute approximate surface area is 122 Å². The molecule has 0 bridgehead atoms. The van der Waals surface area contributed by atoms with Gasteiger partial charge in [-0.15, -0.1) is 0 Å². The number of esters is 1. The number of aromatic amines is 1. The number of para-hydroxylation sites is 1. The SMILES string of the molecule is CC(=O)OC(C)NC(=O)C(N)Cc1c[nH]c2ccccc12. The number of H-pyrrole nitrogens is 1. The number of aromatic nitrogens is 1. The van der Waals surface area contributed by atoms with Crippen molar-refractivity contribution < 1.29 is 14.3 Å². The van der Waals surface area contributed by atoms with Crippen molar-refractivity contribution in [3.8, 4) is 0 Å². The van der Waals surface area contributed by atoms with Crippen molar-refractivity contribution in [3.63, 3.8) is 0 Å². The summed E-state index contributed by atoms with van der Waals surface area (Å²) in [6, 6.07) is 7.12. The van der Waals surface area contributed by atoms with Crippen LogP contribution < -0.4 is 11.1 Å². The lowest BCUT2D eigenvalue weighted by molar-refractivity contribution is -0.148. The minimum Gasteiger partial charge on any atom is -0.442 e. The highest BCUT2D eigenvalue weighted by atomic mass is 16.6. The number of benzene rings is 1. The van der Waals surface area contributed by atoms with Crippen LogP contribution in [0.4, 0.5) is 0 Å². The second-order valence-electron chi connectivity index (χ2n) is 4.93. The van der Waals surface area contributed by atoms with Crippen molar-refractivity contribution in [2.24, 2.45) is 5.73 Å². The lowest BCUT2D eigenvalue weighted by atomic mass is 10.1. The highest BCUT2D eigenvalue weighted by Gasteiger charge is 2.18. The second-order valence-corrected chi connectivity index (χ2v) is 4.93. The largest absolute Gasteiger partial charge is 0.442 e. The van der Waals surface area contributed by atoms with Crippen LogP contribution in [-0.4, -0.2) is 29.1 Å². The van der Waals surface area contributed by atoms with Gasteiger partial charge in [0.05, 0.1) is 6.04 Å². The summed E-state index contributed by atoms with van der Waals surface area (Å²) in [5.41, 5.74) is 7.90. The molecular weight excluding hydrogens is 270 g/mol. The van der Waals surface area contributed by atoms with Gasteiger partial charge in [0.1, 0.15) is 0 Å². The van der Waals surface area contributed by atoms with E-state index in [4.69, 9.17) is 10.5 Å². The Morgan fingerprint density at radius 3 is 2.81 bits per heavy atom. The number of nitrogens with two attached hydrogens (primary N) is 1. The maximum atomic E-state index is 12.0. The summed E-state index contributed by atoms with van der Waals surface area (Å²) in [6.45, 7) is 2.87. The number of carbonyl (C=O) groups excluding carboxylic acids is 2. The molecule has 21 heavy (non-hydrogen) atoms. The van der Waals surface area contributed by atoms with Crippen LogP contribution >= 0.6 is 0 Å². The molecule has 0 radical (unpaired) electrons. The van der Waals surface area contributed by atoms with Crippen LogP contribution in [0.25, 0.3) is 10.9 Å². The van der Waals surface area contributed by atoms with Gasteiger partial charge in [0, 0.05) is 24.0 Å². The summed E-state index contributed by atoms with van der Waals surface area (Å²) >= 11 is 0. The normalized spacial score (nSPS) is 13.7. The fourth-order valence-corrected chi connectivity index (χ4v) is 2.22. The molecule has 1 amide bonds. The first-order chi connectivity index (χ1) is 9.97. The minimum atomic E-state index is -0.706. The van der Waals surface area contributed by atoms with Crippen molar-refractivity contribution >= 4 is 22.8 Å². The van der Waals surface area contributed by atoms with E-state index in [1.165, 1.54) is 6.92 Å². The lowest BCUT2D eigenvalue weighted by Crippen LogP contribution is -2.46. The van der Waals surface area contributed by atoms with Crippen LogP contribution in [0.3, 0.4) is 0 Å². The zero-order chi connectivity index (χ0) is 15.4. The van der Waals surface area contributed by atoms with E-state index >= 15 is 0 Å². The molecule has 2 unspecified atom stereocenters. The van der Waals surface area contributed by atoms with E-state index in [1.807, 2.05) is 30.5 Å². The number of fused-ring (bicyclic) bond motifs is 1. The summed E-state index contributed by atoms with van der Waals surface area (Å²) in [4.78, 5) is 25.9. The molecule has 0 saturated heterocycles. The third kappa shape index (κ3) is 3.82. The first-order valence-corrected chi connectivity index (χ1v) is 6.75. The molecule has 112 valence electrons. The number of amides is 1. The Morgan fingerprint density at radius 1 is 1.38 bits per heavy atom. The molecule has 1 heterocycles. The zero-order valence-electron chi connectivity index (χ0n) is 12.1. The lowest BCUT2D eigenvalue weighted by Gasteiger charge is -2.17. The van der Waals surface area contributed by atoms with Gasteiger partial charge in [-0.1, -0.05) is 18.2 Å². The summed E-state index contributed by atoms with van der Waals surface area (Å²) in [6.07, 6.45) is 1.57. The Morgan fingerprint density at radius 2 is 2.10 bits per heavy atom. The molecule has 0 aliphatic rings. The van der Waals surface area contributed by atoms with E-state index in [0.717, 1.165) is 16.5 Å². The number of hydrogen-bond acceptors (Lipinski definition) is 4. The molecule has 4 N–H and O–H groups in total. The van der Waals surface area contributed by atoms with Gasteiger partial charge in [-0.05, 0) is 25.0 Å². The number of rotatable bonds is 5. The van der Waals surface area contributed by atoms with Crippen LogP contribution in [0.2, 0.25) is 0 Å². The van der Waals surface area contributed by atoms with E-state index in [9.17, 15) is 9.59 Å². The van der Waals surface area contributed by atoms with Gasteiger partial charge in [0.25, 0.3) is 0 Å². The van der Waals surface area contributed by atoms with Gasteiger partial charge in [-0.25, -0.2) is 0 Å². The summed E-state index contributed by atoms with van der Waals surface area (Å²) in [5.74, 6) is -0.804. The topological polar surface area (TPSA) is 97.2 Å². The highest BCUT2D eigenvalue weighted by molar-refractivity contribution is 5.86. The average Bonchev–Trinajstić information content (AvgIpc) is 2.81. The molecule has 6 heteroatoms. The number of nitrogens with one attached hydrogen (secondary N) is 2. The Balaban J connectivity index is 1.99. The van der Waals surface area contributed by atoms with Gasteiger partial charge in [0.15, 0.2) is 6.23 Å². The third-order valence-corrected chi connectivity index (χ3v) is 3.14. The fourth-order valence-electron chi connectivity index (χ4n) is 2.22. The van der Waals surface area contributed by atoms with Crippen LogP contribution in [0, 0.1) is 0 Å². The quantitative estimate of drug-likeness (QED) is 0.566. The average molecular weight is 289 g/mol. The summed E-state index contributed by atoms with van der Waals surface area (Å²) in [5, 5.41) is 3.60. The first kappa shape index (κ1) is 15.1. The predicted octanol–water partition coefficient (Wildman–Crippen LogP) is 1.06. The van der Waals surface area contributed by atoms with Crippen molar-refractivity contribution in [1.29, 1.82) is 0 Å². The van der Waals surface area contributed by atoms with Crippen LogP contribution in [0.1, 0.15) is 19.4 Å². The van der Waals surface area contributed by atoms with Gasteiger partial charge in [-0.3, -0.25) is 9.59 Å². The maximum absolute atomic E-state index is 12.0. The molecule has 1 aromatic carbocycles. The zero-order valence-corrected chi connectivity index (χ0v) is 12.1. The molecule has 0 saturated carbocycles. The molecule has 0 aliphatic carbocycles. The van der Waals surface area contributed by atoms with Gasteiger partial charge < -0.3 is 20.8 Å². The van der Waals surface area contributed by atoms with E-state index in [0.29, 0.717) is 6.42 Å². The van der Waals surface area contributed by atoms with Gasteiger partial charge >= 0.3 is 5.97 Å². The van der Waals surface area contributed by atoms with Crippen molar-refractivity contribution in [2.75, 3.05) is 0 Å². The third-order valence-electron chi connectivity index (χ3n) is 3.14. The highest BCUT2D eigenvalue weighted by Crippen LogP contribution is 2.18. The van der Waals surface area contributed by atoms with Gasteiger partial charge in [-0.2, -0.15) is 0 Å². The van der Waals surface area contributed by atoms with E-state index in [2.05, 4.69) is 10.3 Å². The van der Waals surface area contributed by atoms with E-state index < -0.39 is 18.2 Å². The van der Waals surface area contributed by atoms with E-state index in [-0.39, 0.29) is 5.91 Å². The van der Waals surface area contributed by atoms with Crippen LogP contribution in [0.15, 0.2) is 30.5 Å². The molecule has 1 aromatic heterocycles. The number of ether oxygens (including phenoxy) is 1. The molecule has 0 spiro atoms. The Kier molecular flexibility index (Phi) is 4.59. The molecule has 2 rings (SSSR count). The van der Waals surface area contributed by atoms with Crippen LogP contribution in [0.5, 0.6) is 0 Å². The minimum absolute atomic E-state index is 0.353. The number of carbonyl (C=O) groups is 2. The van der Waals surface area contributed by atoms with Crippen molar-refractivity contribution in [1.82, 2.24) is 10.3 Å². The molecule has 6 nitrogen and oxygen atoms in total. The van der Waals surface area contributed by atoms with Crippen molar-refractivity contribution in [2.45, 2.75) is 32.5 Å². The Hall–Kier alpha value is -2.34. The number of hydrogen-bond donors (Lipinski definition) is 3. The molecule has 2 atom stereocenters. The monoisotopic (exact) mass is 289 g/mol. The second kappa shape index (κ2) is 6.41. The molecule has 0 fully saturated rings. The predicted molar refractivity (Wildman–Crippen MR) is 79.3 cm³/mol. The Bertz CT molecular complexity index is 650. The fraction of sp³-hybridized carbons (Fsp3) is 0.333. The van der Waals surface area contributed by atoms with Crippen LogP contribution in [-0.2, 0) is 20.7 Å². The summed E-state index contributed by atoms with van der Waals surface area (Å²) in [7, 11) is 0. The smallest absolute Gasteiger partial charge is 0.304 e. The maximum Gasteiger partial charge on any atom is 0.304 e. The van der Waals surface area contributed by atoms with E-state index in [1.54, 1.807) is 6.92 Å². The standard InChI is InChI=1S/C15H19N3O3/c1-9(21-10(2)19)18-15(20)13(16)7-11-8-17-14-6-4-3-5-12(11)14/h3-6,8-9,13,17H,7,16H2,1-2H3,(H,18,20). The summed E-state index contributed by atoms with van der Waals surface area (Å²) < 4.78 is 4.84. The van der Waals surface area contributed by atoms with Crippen molar-refractivity contribution in [3.05, 3.63) is 36.0 Å². The molecular formula is C15H19N3O3. The van der Waals surface area contributed by atoms with Gasteiger partial charge in [0.2, 0.25) is 5.91 Å².